The normalized spacial score (nSPS) is 10.3. The fourth-order valence-electron chi connectivity index (χ4n) is 1.49. The molecule has 86 valence electrons. The smallest absolute Gasteiger partial charge is 0.153 e. The second-order valence-corrected chi connectivity index (χ2v) is 3.89. The number of rotatable bonds is 2. The molecule has 2 aromatic rings. The summed E-state index contributed by atoms with van der Waals surface area (Å²) >= 11 is 5.56. The van der Waals surface area contributed by atoms with E-state index in [9.17, 15) is 13.6 Å². The van der Waals surface area contributed by atoms with E-state index in [1.807, 2.05) is 0 Å². The van der Waals surface area contributed by atoms with Gasteiger partial charge in [0.25, 0.3) is 0 Å². The van der Waals surface area contributed by atoms with Gasteiger partial charge in [-0.2, -0.15) is 0 Å². The molecule has 0 unspecified atom stereocenters. The molecule has 0 bridgehead atoms. The Labute approximate surface area is 102 Å². The molecule has 4 heteroatoms. The zero-order valence-corrected chi connectivity index (χ0v) is 9.34. The first kappa shape index (κ1) is 11.7. The van der Waals surface area contributed by atoms with Gasteiger partial charge in [-0.25, -0.2) is 8.78 Å². The number of carbonyl (C=O) groups is 1. The molecule has 0 atom stereocenters. The number of halogens is 3. The van der Waals surface area contributed by atoms with Crippen molar-refractivity contribution in [1.82, 2.24) is 0 Å². The molecular weight excluding hydrogens is 246 g/mol. The van der Waals surface area contributed by atoms with Crippen LogP contribution in [0.15, 0.2) is 36.4 Å². The van der Waals surface area contributed by atoms with Gasteiger partial charge in [-0.3, -0.25) is 4.79 Å². The van der Waals surface area contributed by atoms with Crippen molar-refractivity contribution in [1.29, 1.82) is 0 Å². The van der Waals surface area contributed by atoms with Crippen LogP contribution >= 0.6 is 11.6 Å². The highest BCUT2D eigenvalue weighted by atomic mass is 35.5. The molecule has 0 aromatic heterocycles. The Kier molecular flexibility index (Phi) is 3.20. The fourth-order valence-corrected chi connectivity index (χ4v) is 1.61. The predicted molar refractivity (Wildman–Crippen MR) is 62.2 cm³/mol. The van der Waals surface area contributed by atoms with Crippen molar-refractivity contribution in [3.8, 4) is 11.1 Å². The lowest BCUT2D eigenvalue weighted by atomic mass is 10.0. The van der Waals surface area contributed by atoms with E-state index in [-0.39, 0.29) is 10.6 Å². The Hall–Kier alpha value is -1.74. The zero-order chi connectivity index (χ0) is 12.4. The van der Waals surface area contributed by atoms with Gasteiger partial charge in [0.05, 0.1) is 10.6 Å². The molecule has 0 aliphatic carbocycles. The van der Waals surface area contributed by atoms with Crippen LogP contribution in [0.4, 0.5) is 8.78 Å². The van der Waals surface area contributed by atoms with E-state index in [0.717, 1.165) is 0 Å². The van der Waals surface area contributed by atoms with Gasteiger partial charge in [-0.1, -0.05) is 23.7 Å². The highest BCUT2D eigenvalue weighted by molar-refractivity contribution is 6.30. The highest BCUT2D eigenvalue weighted by Crippen LogP contribution is 2.25. The van der Waals surface area contributed by atoms with Crippen LogP contribution in [0.25, 0.3) is 11.1 Å². The molecule has 0 spiro atoms. The monoisotopic (exact) mass is 252 g/mol. The summed E-state index contributed by atoms with van der Waals surface area (Å²) in [5, 5.41) is 0.0199. The number of hydrogen-bond acceptors (Lipinski definition) is 1. The molecule has 1 nitrogen and oxygen atoms in total. The van der Waals surface area contributed by atoms with Gasteiger partial charge in [0.1, 0.15) is 11.6 Å². The van der Waals surface area contributed by atoms with E-state index >= 15 is 0 Å². The first-order valence-electron chi connectivity index (χ1n) is 4.82. The molecule has 0 fully saturated rings. The van der Waals surface area contributed by atoms with Crippen LogP contribution in [0.1, 0.15) is 10.4 Å². The SMILES string of the molecule is O=Cc1cc(-c2ccc(Cl)c(F)c2)ccc1F. The van der Waals surface area contributed by atoms with Gasteiger partial charge < -0.3 is 0 Å². The summed E-state index contributed by atoms with van der Waals surface area (Å²) in [6.07, 6.45) is 0.422. The molecule has 0 saturated heterocycles. The van der Waals surface area contributed by atoms with Crippen molar-refractivity contribution < 1.29 is 13.6 Å². The predicted octanol–water partition coefficient (Wildman–Crippen LogP) is 4.10. The lowest BCUT2D eigenvalue weighted by Gasteiger charge is -2.04. The van der Waals surface area contributed by atoms with Crippen molar-refractivity contribution in [2.75, 3.05) is 0 Å². The van der Waals surface area contributed by atoms with Crippen LogP contribution in [-0.2, 0) is 0 Å². The maximum absolute atomic E-state index is 13.3. The van der Waals surface area contributed by atoms with Gasteiger partial charge in [-0.15, -0.1) is 0 Å². The molecule has 0 radical (unpaired) electrons. The maximum atomic E-state index is 13.3. The largest absolute Gasteiger partial charge is 0.298 e. The molecule has 0 saturated carbocycles. The van der Waals surface area contributed by atoms with Gasteiger partial charge in [0.15, 0.2) is 6.29 Å². The Morgan fingerprint density at radius 3 is 2.24 bits per heavy atom. The first-order valence-corrected chi connectivity index (χ1v) is 5.20. The zero-order valence-electron chi connectivity index (χ0n) is 8.58. The molecule has 2 rings (SSSR count). The number of aldehydes is 1. The average molecular weight is 253 g/mol. The van der Waals surface area contributed by atoms with Crippen LogP contribution in [0.2, 0.25) is 5.02 Å². The highest BCUT2D eigenvalue weighted by Gasteiger charge is 2.06. The third-order valence-corrected chi connectivity index (χ3v) is 2.68. The van der Waals surface area contributed by atoms with Crippen LogP contribution in [0.5, 0.6) is 0 Å². The van der Waals surface area contributed by atoms with Gasteiger partial charge in [0, 0.05) is 0 Å². The minimum atomic E-state index is -0.599. The van der Waals surface area contributed by atoms with Crippen molar-refractivity contribution in [3.05, 3.63) is 58.6 Å². The van der Waals surface area contributed by atoms with Crippen LogP contribution in [-0.4, -0.2) is 6.29 Å². The summed E-state index contributed by atoms with van der Waals surface area (Å²) in [5.74, 6) is -1.15. The van der Waals surface area contributed by atoms with Crippen LogP contribution < -0.4 is 0 Å². The summed E-state index contributed by atoms with van der Waals surface area (Å²) in [6, 6.07) is 8.27. The minimum absolute atomic E-state index is 0.0199. The molecule has 2 aromatic carbocycles. The Balaban J connectivity index is 2.52. The Bertz CT molecular complexity index is 582. The quantitative estimate of drug-likeness (QED) is 0.736. The third kappa shape index (κ3) is 2.34. The topological polar surface area (TPSA) is 17.1 Å². The van der Waals surface area contributed by atoms with E-state index in [1.165, 1.54) is 30.3 Å². The summed E-state index contributed by atoms with van der Waals surface area (Å²) in [7, 11) is 0. The van der Waals surface area contributed by atoms with Gasteiger partial charge in [0.2, 0.25) is 0 Å². The van der Waals surface area contributed by atoms with E-state index in [1.54, 1.807) is 6.07 Å². The second-order valence-electron chi connectivity index (χ2n) is 3.48. The van der Waals surface area contributed by atoms with Crippen molar-refractivity contribution in [3.63, 3.8) is 0 Å². The van der Waals surface area contributed by atoms with Gasteiger partial charge >= 0.3 is 0 Å². The standard InChI is InChI=1S/C13H7ClF2O/c14-11-3-1-9(6-13(11)16)8-2-4-12(15)10(5-8)7-17/h1-7H. The van der Waals surface area contributed by atoms with Gasteiger partial charge in [-0.05, 0) is 35.4 Å². The van der Waals surface area contributed by atoms with E-state index in [0.29, 0.717) is 17.4 Å². The summed E-state index contributed by atoms with van der Waals surface area (Å²) in [5.41, 5.74) is 1.04. The van der Waals surface area contributed by atoms with E-state index < -0.39 is 11.6 Å². The average Bonchev–Trinajstić information content (AvgIpc) is 2.33. The van der Waals surface area contributed by atoms with E-state index in [4.69, 9.17) is 11.6 Å². The van der Waals surface area contributed by atoms with Crippen molar-refractivity contribution >= 4 is 17.9 Å². The summed E-state index contributed by atoms with van der Waals surface area (Å²) in [6.45, 7) is 0. The molecule has 0 heterocycles. The van der Waals surface area contributed by atoms with Crippen LogP contribution in [0, 0.1) is 11.6 Å². The lowest BCUT2D eigenvalue weighted by molar-refractivity contribution is 0.112. The molecule has 0 aliphatic heterocycles. The van der Waals surface area contributed by atoms with Crippen molar-refractivity contribution in [2.45, 2.75) is 0 Å². The molecule has 17 heavy (non-hydrogen) atoms. The van der Waals surface area contributed by atoms with Crippen molar-refractivity contribution in [2.24, 2.45) is 0 Å². The third-order valence-electron chi connectivity index (χ3n) is 2.38. The minimum Gasteiger partial charge on any atom is -0.298 e. The maximum Gasteiger partial charge on any atom is 0.153 e. The number of benzene rings is 2. The number of hydrogen-bond donors (Lipinski definition) is 0. The Morgan fingerprint density at radius 2 is 1.59 bits per heavy atom. The second kappa shape index (κ2) is 4.63. The molecule has 0 N–H and O–H groups in total. The molecule has 0 aliphatic rings. The summed E-state index contributed by atoms with van der Waals surface area (Å²) < 4.78 is 26.4. The molecular formula is C13H7ClF2O. The first-order chi connectivity index (χ1) is 8.11. The lowest BCUT2D eigenvalue weighted by Crippen LogP contribution is -1.89. The van der Waals surface area contributed by atoms with E-state index in [2.05, 4.69) is 0 Å². The molecule has 0 amide bonds. The van der Waals surface area contributed by atoms with Crippen LogP contribution in [0.3, 0.4) is 0 Å². The summed E-state index contributed by atoms with van der Waals surface area (Å²) in [4.78, 5) is 10.6. The fraction of sp³-hybridized carbons (Fsp3) is 0. The Morgan fingerprint density at radius 1 is 0.941 bits per heavy atom. The number of carbonyl (C=O) groups excluding carboxylic acids is 1.